The minimum Gasteiger partial charge on any atom is -0.456 e. The highest BCUT2D eigenvalue weighted by atomic mass is 19.1. The van der Waals surface area contributed by atoms with Gasteiger partial charge in [0.1, 0.15) is 22.9 Å². The number of carbonyl (C=O) groups is 1. The number of anilines is 2. The lowest BCUT2D eigenvalue weighted by atomic mass is 10.1. The Bertz CT molecular complexity index is 1320. The first-order chi connectivity index (χ1) is 14.3. The molecule has 0 aliphatic carbocycles. The number of hydrogen-bond donors (Lipinski definition) is 2. The van der Waals surface area contributed by atoms with Crippen LogP contribution in [-0.4, -0.2) is 5.97 Å². The minimum atomic E-state index is -0.600. The molecule has 0 bridgehead atoms. The number of benzene rings is 3. The summed E-state index contributed by atoms with van der Waals surface area (Å²) in [6.07, 6.45) is 0. The lowest BCUT2D eigenvalue weighted by molar-refractivity contribution is 0.0735. The topological polar surface area (TPSA) is 109 Å². The highest BCUT2D eigenvalue weighted by Crippen LogP contribution is 2.28. The Morgan fingerprint density at radius 3 is 2.30 bits per heavy atom. The van der Waals surface area contributed by atoms with Crippen LogP contribution >= 0.6 is 0 Å². The third-order valence-electron chi connectivity index (χ3n) is 4.62. The zero-order chi connectivity index (χ0) is 21.4. The number of nitrogens with two attached hydrogens (primary N) is 2. The van der Waals surface area contributed by atoms with Crippen molar-refractivity contribution in [3.8, 4) is 17.1 Å². The third-order valence-corrected chi connectivity index (χ3v) is 4.62. The van der Waals surface area contributed by atoms with E-state index in [0.717, 1.165) is 6.07 Å². The Hall–Kier alpha value is -4.13. The van der Waals surface area contributed by atoms with Crippen LogP contribution in [0.4, 0.5) is 15.8 Å². The smallest absolute Gasteiger partial charge is 0.343 e. The zero-order valence-corrected chi connectivity index (χ0v) is 15.9. The van der Waals surface area contributed by atoms with Crippen LogP contribution in [0.2, 0.25) is 0 Å². The van der Waals surface area contributed by atoms with Gasteiger partial charge < -0.3 is 20.6 Å². The van der Waals surface area contributed by atoms with Crippen LogP contribution in [0.3, 0.4) is 0 Å². The van der Waals surface area contributed by atoms with Crippen LogP contribution < -0.4 is 21.6 Å². The van der Waals surface area contributed by atoms with Crippen molar-refractivity contribution in [1.82, 2.24) is 0 Å². The molecular weight excluding hydrogens is 387 g/mol. The van der Waals surface area contributed by atoms with Crippen molar-refractivity contribution in [3.05, 3.63) is 87.8 Å². The normalized spacial score (nSPS) is 10.9. The second-order valence-corrected chi connectivity index (χ2v) is 6.83. The summed E-state index contributed by atoms with van der Waals surface area (Å²) in [7, 11) is 0. The zero-order valence-electron chi connectivity index (χ0n) is 15.9. The number of fused-ring (bicyclic) bond motifs is 1. The summed E-state index contributed by atoms with van der Waals surface area (Å²) in [5.74, 6) is -0.444. The molecule has 0 saturated heterocycles. The second-order valence-electron chi connectivity index (χ2n) is 6.83. The molecule has 0 fully saturated rings. The summed E-state index contributed by atoms with van der Waals surface area (Å²) in [6, 6.07) is 14.8. The largest absolute Gasteiger partial charge is 0.456 e. The summed E-state index contributed by atoms with van der Waals surface area (Å²) in [5, 5.41) is 0.184. The van der Waals surface area contributed by atoms with Gasteiger partial charge >= 0.3 is 5.97 Å². The molecule has 7 heteroatoms. The summed E-state index contributed by atoms with van der Waals surface area (Å²) >= 11 is 0. The van der Waals surface area contributed by atoms with Crippen LogP contribution in [0, 0.1) is 12.7 Å². The van der Waals surface area contributed by atoms with Gasteiger partial charge in [-0.15, -0.1) is 0 Å². The molecule has 6 nitrogen and oxygen atoms in total. The Balaban J connectivity index is 1.64. The third kappa shape index (κ3) is 3.60. The molecule has 0 atom stereocenters. The summed E-state index contributed by atoms with van der Waals surface area (Å²) < 4.78 is 24.6. The fraction of sp³-hybridized carbons (Fsp3) is 0.0435. The predicted molar refractivity (Wildman–Crippen MR) is 113 cm³/mol. The van der Waals surface area contributed by atoms with Crippen molar-refractivity contribution in [3.63, 3.8) is 0 Å². The highest BCUT2D eigenvalue weighted by molar-refractivity contribution is 5.93. The molecule has 0 amide bonds. The number of ether oxygens (including phenoxy) is 1. The molecule has 4 rings (SSSR count). The van der Waals surface area contributed by atoms with E-state index in [0.29, 0.717) is 34.0 Å². The molecule has 1 aromatic heterocycles. The van der Waals surface area contributed by atoms with Gasteiger partial charge in [0.25, 0.3) is 0 Å². The van der Waals surface area contributed by atoms with E-state index in [-0.39, 0.29) is 22.0 Å². The molecule has 0 saturated carbocycles. The monoisotopic (exact) mass is 404 g/mol. The van der Waals surface area contributed by atoms with Crippen LogP contribution in [-0.2, 0) is 0 Å². The number of halogens is 1. The van der Waals surface area contributed by atoms with E-state index in [1.165, 1.54) is 24.3 Å². The van der Waals surface area contributed by atoms with Gasteiger partial charge in [0, 0.05) is 22.5 Å². The van der Waals surface area contributed by atoms with Crippen molar-refractivity contribution in [2.75, 3.05) is 11.5 Å². The minimum absolute atomic E-state index is 0.184. The molecule has 0 aliphatic rings. The Labute approximate surface area is 170 Å². The SMILES string of the molecule is Cc1c(-c2ccc(OC(=O)c3cc(N)cc(N)c3)cc2)oc2ccc(F)cc2c1=O. The van der Waals surface area contributed by atoms with E-state index >= 15 is 0 Å². The van der Waals surface area contributed by atoms with Crippen LogP contribution in [0.1, 0.15) is 15.9 Å². The van der Waals surface area contributed by atoms with E-state index in [1.54, 1.807) is 37.3 Å². The van der Waals surface area contributed by atoms with Gasteiger partial charge in [-0.1, -0.05) is 0 Å². The molecule has 1 heterocycles. The standard InChI is InChI=1S/C23H17FN2O4/c1-12-21(27)19-10-15(24)4-7-20(19)30-22(12)13-2-5-18(6-3-13)29-23(28)14-8-16(25)11-17(26)9-14/h2-11H,25-26H2,1H3. The van der Waals surface area contributed by atoms with E-state index < -0.39 is 11.8 Å². The van der Waals surface area contributed by atoms with Gasteiger partial charge in [0.15, 0.2) is 5.43 Å². The molecule has 0 spiro atoms. The Kier molecular flexibility index (Phi) is 4.71. The fourth-order valence-corrected chi connectivity index (χ4v) is 3.17. The molecule has 4 N–H and O–H groups in total. The van der Waals surface area contributed by atoms with Gasteiger partial charge in [-0.3, -0.25) is 4.79 Å². The van der Waals surface area contributed by atoms with Crippen molar-refractivity contribution in [2.24, 2.45) is 0 Å². The van der Waals surface area contributed by atoms with Gasteiger partial charge in [0.05, 0.1) is 10.9 Å². The number of nitrogen functional groups attached to an aromatic ring is 2. The summed E-state index contributed by atoms with van der Waals surface area (Å²) in [6.45, 7) is 1.61. The van der Waals surface area contributed by atoms with Gasteiger partial charge in [-0.2, -0.15) is 0 Å². The van der Waals surface area contributed by atoms with Crippen LogP contribution in [0.25, 0.3) is 22.3 Å². The quantitative estimate of drug-likeness (QED) is 0.300. The number of rotatable bonds is 3. The lowest BCUT2D eigenvalue weighted by Gasteiger charge is -2.09. The molecule has 30 heavy (non-hydrogen) atoms. The second kappa shape index (κ2) is 7.36. The fourth-order valence-electron chi connectivity index (χ4n) is 3.17. The molecular formula is C23H17FN2O4. The molecule has 0 unspecified atom stereocenters. The molecule has 150 valence electrons. The van der Waals surface area contributed by atoms with Crippen molar-refractivity contribution in [1.29, 1.82) is 0 Å². The maximum absolute atomic E-state index is 13.5. The van der Waals surface area contributed by atoms with Gasteiger partial charge in [-0.25, -0.2) is 9.18 Å². The molecule has 0 radical (unpaired) electrons. The highest BCUT2D eigenvalue weighted by Gasteiger charge is 2.15. The van der Waals surface area contributed by atoms with E-state index in [1.807, 2.05) is 0 Å². The first-order valence-electron chi connectivity index (χ1n) is 9.03. The molecule has 0 aliphatic heterocycles. The number of esters is 1. The van der Waals surface area contributed by atoms with Crippen molar-refractivity contribution < 1.29 is 18.3 Å². The van der Waals surface area contributed by atoms with E-state index in [2.05, 4.69) is 0 Å². The first kappa shape index (κ1) is 19.2. The first-order valence-corrected chi connectivity index (χ1v) is 9.03. The van der Waals surface area contributed by atoms with E-state index in [4.69, 9.17) is 20.6 Å². The average Bonchev–Trinajstić information content (AvgIpc) is 2.71. The molecule has 3 aromatic carbocycles. The number of hydrogen-bond acceptors (Lipinski definition) is 6. The van der Waals surface area contributed by atoms with Crippen LogP contribution in [0.15, 0.2) is 69.9 Å². The van der Waals surface area contributed by atoms with Crippen LogP contribution in [0.5, 0.6) is 5.75 Å². The average molecular weight is 404 g/mol. The molecule has 4 aromatic rings. The van der Waals surface area contributed by atoms with Gasteiger partial charge in [0.2, 0.25) is 0 Å². The van der Waals surface area contributed by atoms with Gasteiger partial charge in [-0.05, 0) is 67.6 Å². The maximum atomic E-state index is 13.5. The van der Waals surface area contributed by atoms with E-state index in [9.17, 15) is 14.0 Å². The lowest BCUT2D eigenvalue weighted by Crippen LogP contribution is -2.10. The predicted octanol–water partition coefficient (Wildman–Crippen LogP) is 4.29. The number of carbonyl (C=O) groups excluding carboxylic acids is 1. The van der Waals surface area contributed by atoms with Crippen molar-refractivity contribution in [2.45, 2.75) is 6.92 Å². The Morgan fingerprint density at radius 2 is 1.63 bits per heavy atom. The Morgan fingerprint density at radius 1 is 0.967 bits per heavy atom. The maximum Gasteiger partial charge on any atom is 0.343 e. The summed E-state index contributed by atoms with van der Waals surface area (Å²) in [5.41, 5.74) is 13.3. The van der Waals surface area contributed by atoms with Crippen molar-refractivity contribution >= 4 is 28.3 Å². The summed E-state index contributed by atoms with van der Waals surface area (Å²) in [4.78, 5) is 24.9.